The topological polar surface area (TPSA) is 89.3 Å². The lowest BCUT2D eigenvalue weighted by Crippen LogP contribution is -2.47. The third kappa shape index (κ3) is 3.55. The lowest BCUT2D eigenvalue weighted by molar-refractivity contribution is -0.384. The van der Waals surface area contributed by atoms with Crippen LogP contribution in [0.4, 0.5) is 37.7 Å². The van der Waals surface area contributed by atoms with Crippen LogP contribution in [0.5, 0.6) is 0 Å². The van der Waals surface area contributed by atoms with Gasteiger partial charge < -0.3 is 5.32 Å². The van der Waals surface area contributed by atoms with Crippen molar-refractivity contribution in [2.75, 3.05) is 11.9 Å². The molecule has 0 amide bonds. The van der Waals surface area contributed by atoms with E-state index in [0.29, 0.717) is 6.07 Å². The maximum Gasteiger partial charge on any atom is 0.426 e. The predicted octanol–water partition coefficient (Wildman–Crippen LogP) is 3.29. The van der Waals surface area contributed by atoms with Gasteiger partial charge in [-0.15, -0.1) is 0 Å². The number of halogens is 6. The Morgan fingerprint density at radius 2 is 1.79 bits per heavy atom. The molecule has 1 aromatic rings. The maximum atomic E-state index is 13.5. The summed E-state index contributed by atoms with van der Waals surface area (Å²) in [5.41, 5.74) is -1.20. The van der Waals surface area contributed by atoms with Crippen LogP contribution in [-0.2, 0) is 9.84 Å². The van der Waals surface area contributed by atoms with Crippen LogP contribution in [-0.4, -0.2) is 37.5 Å². The van der Waals surface area contributed by atoms with E-state index in [9.17, 15) is 44.9 Å². The van der Waals surface area contributed by atoms with E-state index >= 15 is 0 Å². The molecule has 0 aliphatic heterocycles. The van der Waals surface area contributed by atoms with E-state index in [4.69, 9.17) is 0 Å². The molecular weight excluding hydrogens is 370 g/mol. The third-order valence-electron chi connectivity index (χ3n) is 2.78. The average Bonchev–Trinajstić information content (AvgIpc) is 2.45. The number of sulfone groups is 1. The van der Waals surface area contributed by atoms with Gasteiger partial charge in [-0.2, -0.15) is 22.0 Å². The molecule has 1 rings (SSSR count). The Morgan fingerprint density at radius 1 is 1.25 bits per heavy atom. The summed E-state index contributed by atoms with van der Waals surface area (Å²) in [4.78, 5) is 8.22. The smallest absolute Gasteiger partial charge is 0.380 e. The number of benzene rings is 1. The minimum absolute atomic E-state index is 0.143. The summed E-state index contributed by atoms with van der Waals surface area (Å²) in [7, 11) is -6.17. The first-order valence-electron chi connectivity index (χ1n) is 6.12. The van der Waals surface area contributed by atoms with Gasteiger partial charge in [0.25, 0.3) is 11.9 Å². The Bertz CT molecular complexity index is 735. The zero-order valence-electron chi connectivity index (χ0n) is 11.8. The number of nitrogens with one attached hydrogen (secondary N) is 1. The highest BCUT2D eigenvalue weighted by Gasteiger charge is 2.64. The Labute approximate surface area is 131 Å². The summed E-state index contributed by atoms with van der Waals surface area (Å²) < 4.78 is 99.6. The molecule has 24 heavy (non-hydrogen) atoms. The van der Waals surface area contributed by atoms with E-state index in [1.807, 2.05) is 0 Å². The normalized spacial score (nSPS) is 14.3. The molecule has 13 heteroatoms. The van der Waals surface area contributed by atoms with Gasteiger partial charge in [0.15, 0.2) is 0 Å². The van der Waals surface area contributed by atoms with Gasteiger partial charge in [-0.1, -0.05) is 0 Å². The molecule has 1 atom stereocenters. The Balaban J connectivity index is 3.48. The van der Waals surface area contributed by atoms with E-state index in [-0.39, 0.29) is 18.3 Å². The first-order chi connectivity index (χ1) is 10.8. The second-order valence-corrected chi connectivity index (χ2v) is 6.46. The zero-order chi connectivity index (χ0) is 18.9. The van der Waals surface area contributed by atoms with Crippen LogP contribution in [0.1, 0.15) is 6.92 Å². The molecule has 0 bridgehead atoms. The van der Waals surface area contributed by atoms with Gasteiger partial charge in [-0.05, 0) is 19.1 Å². The fourth-order valence-corrected chi connectivity index (χ4v) is 2.89. The van der Waals surface area contributed by atoms with Crippen molar-refractivity contribution >= 4 is 21.2 Å². The lowest BCUT2D eigenvalue weighted by Gasteiger charge is -2.22. The van der Waals surface area contributed by atoms with Gasteiger partial charge in [-0.25, -0.2) is 12.8 Å². The van der Waals surface area contributed by atoms with Gasteiger partial charge in [0.2, 0.25) is 9.84 Å². The van der Waals surface area contributed by atoms with E-state index in [1.165, 1.54) is 6.92 Å². The van der Waals surface area contributed by atoms with E-state index < -0.39 is 42.9 Å². The van der Waals surface area contributed by atoms with Gasteiger partial charge in [0, 0.05) is 12.6 Å². The highest BCUT2D eigenvalue weighted by Crippen LogP contribution is 2.42. The van der Waals surface area contributed by atoms with Crippen molar-refractivity contribution < 1.29 is 39.7 Å². The summed E-state index contributed by atoms with van der Waals surface area (Å²) in [5, 5.41) is 7.44. The molecule has 1 aromatic carbocycles. The largest absolute Gasteiger partial charge is 0.426 e. The number of hydrogen-bond acceptors (Lipinski definition) is 5. The molecule has 0 aromatic heterocycles. The lowest BCUT2D eigenvalue weighted by atomic mass is 10.2. The minimum atomic E-state index is -6.17. The summed E-state index contributed by atoms with van der Waals surface area (Å²) in [6.45, 7) is 1.68. The van der Waals surface area contributed by atoms with Gasteiger partial charge in [0.1, 0.15) is 5.69 Å². The molecule has 0 unspecified atom stereocenters. The van der Waals surface area contributed by atoms with Crippen molar-refractivity contribution in [3.05, 3.63) is 28.3 Å². The summed E-state index contributed by atoms with van der Waals surface area (Å²) >= 11 is 0. The number of nitrogens with zero attached hydrogens (tertiary/aromatic N) is 1. The van der Waals surface area contributed by atoms with Crippen molar-refractivity contribution in [2.45, 2.75) is 29.4 Å². The molecule has 0 aliphatic rings. The number of nitro groups is 1. The molecular formula is C11H10F6N2O4S. The van der Waals surface area contributed by atoms with Crippen LogP contribution in [0, 0.1) is 10.1 Å². The van der Waals surface area contributed by atoms with Crippen LogP contribution < -0.4 is 5.32 Å². The molecule has 0 aliphatic carbocycles. The summed E-state index contributed by atoms with van der Waals surface area (Å²) in [5.74, 6) is 0. The number of alkyl halides is 6. The second kappa shape index (κ2) is 6.45. The van der Waals surface area contributed by atoms with Gasteiger partial charge >= 0.3 is 11.4 Å². The van der Waals surface area contributed by atoms with Crippen LogP contribution in [0.3, 0.4) is 0 Å². The molecule has 0 heterocycles. The predicted molar refractivity (Wildman–Crippen MR) is 70.3 cm³/mol. The fraction of sp³-hybridized carbons (Fsp3) is 0.455. The number of nitro benzene ring substituents is 1. The Kier molecular flexibility index (Phi) is 5.38. The van der Waals surface area contributed by atoms with E-state index in [2.05, 4.69) is 5.32 Å². The third-order valence-corrected chi connectivity index (χ3v) is 4.58. The summed E-state index contributed by atoms with van der Waals surface area (Å²) in [6, 6.07) is 1.30. The highest BCUT2D eigenvalue weighted by molar-refractivity contribution is 7.92. The standard InChI is InChI=1S/C11H10F6N2O4S/c1-2-18-7-4-3-6(5-8(7)19(20)21)24(22,23)11(16,17)9(12)10(13,14)15/h3-5,9,18H,2H2,1H3/t9-/m0/s1. The Morgan fingerprint density at radius 3 is 2.21 bits per heavy atom. The van der Waals surface area contributed by atoms with Crippen molar-refractivity contribution in [3.8, 4) is 0 Å². The molecule has 0 saturated carbocycles. The van der Waals surface area contributed by atoms with Crippen molar-refractivity contribution in [1.29, 1.82) is 0 Å². The quantitative estimate of drug-likeness (QED) is 0.465. The van der Waals surface area contributed by atoms with Crippen molar-refractivity contribution in [1.82, 2.24) is 0 Å². The van der Waals surface area contributed by atoms with E-state index in [1.54, 1.807) is 0 Å². The summed E-state index contributed by atoms with van der Waals surface area (Å²) in [6.07, 6.45) is -11.1. The molecule has 0 fully saturated rings. The van der Waals surface area contributed by atoms with Crippen molar-refractivity contribution in [2.24, 2.45) is 0 Å². The van der Waals surface area contributed by atoms with Crippen LogP contribution >= 0.6 is 0 Å². The minimum Gasteiger partial charge on any atom is -0.380 e. The molecule has 6 nitrogen and oxygen atoms in total. The first kappa shape index (κ1) is 20.0. The number of rotatable bonds is 6. The zero-order valence-corrected chi connectivity index (χ0v) is 12.6. The van der Waals surface area contributed by atoms with Gasteiger partial charge in [0.05, 0.1) is 9.82 Å². The van der Waals surface area contributed by atoms with Crippen LogP contribution in [0.25, 0.3) is 0 Å². The maximum absolute atomic E-state index is 13.5. The molecule has 136 valence electrons. The second-order valence-electron chi connectivity index (χ2n) is 4.44. The highest BCUT2D eigenvalue weighted by atomic mass is 32.2. The van der Waals surface area contributed by atoms with Crippen LogP contribution in [0.15, 0.2) is 23.1 Å². The SMILES string of the molecule is CCNc1ccc(S(=O)(=O)C(F)(F)[C@@H](F)C(F)(F)F)cc1[N+](=O)[O-]. The average molecular weight is 380 g/mol. The Hall–Kier alpha value is -2.05. The monoisotopic (exact) mass is 380 g/mol. The molecule has 0 radical (unpaired) electrons. The number of anilines is 1. The molecule has 0 spiro atoms. The molecule has 0 saturated heterocycles. The van der Waals surface area contributed by atoms with Crippen LogP contribution in [0.2, 0.25) is 0 Å². The number of hydrogen-bond donors (Lipinski definition) is 1. The first-order valence-corrected chi connectivity index (χ1v) is 7.60. The van der Waals surface area contributed by atoms with E-state index in [0.717, 1.165) is 6.07 Å². The van der Waals surface area contributed by atoms with Gasteiger partial charge in [-0.3, -0.25) is 10.1 Å². The van der Waals surface area contributed by atoms with Crippen molar-refractivity contribution in [3.63, 3.8) is 0 Å². The molecule has 1 N–H and O–H groups in total. The fourth-order valence-electron chi connectivity index (χ4n) is 1.65.